The summed E-state index contributed by atoms with van der Waals surface area (Å²) in [5.74, 6) is 1.51. The second kappa shape index (κ2) is 8.55. The zero-order valence-corrected chi connectivity index (χ0v) is 18.1. The van der Waals surface area contributed by atoms with Crippen LogP contribution in [0, 0.1) is 0 Å². The number of hydrogen-bond acceptors (Lipinski definition) is 5. The summed E-state index contributed by atoms with van der Waals surface area (Å²) in [4.78, 5) is 12.4. The van der Waals surface area contributed by atoms with Crippen LogP contribution in [-0.2, 0) is 6.54 Å². The van der Waals surface area contributed by atoms with Crippen LogP contribution in [0.3, 0.4) is 0 Å². The van der Waals surface area contributed by atoms with Gasteiger partial charge in [0.25, 0.3) is 5.91 Å². The van der Waals surface area contributed by atoms with Gasteiger partial charge in [0.2, 0.25) is 0 Å². The Hall–Kier alpha value is -4.52. The lowest BCUT2D eigenvalue weighted by Crippen LogP contribution is -2.19. The quantitative estimate of drug-likeness (QED) is 0.380. The monoisotopic (exact) mass is 437 g/mol. The molecule has 4 aromatic rings. The van der Waals surface area contributed by atoms with Crippen LogP contribution in [0.4, 0.5) is 11.5 Å². The van der Waals surface area contributed by atoms with Crippen molar-refractivity contribution in [3.63, 3.8) is 0 Å². The molecule has 1 aliphatic rings. The molecule has 7 heteroatoms. The van der Waals surface area contributed by atoms with Gasteiger partial charge in [-0.2, -0.15) is 5.10 Å². The highest BCUT2D eigenvalue weighted by molar-refractivity contribution is 6.04. The van der Waals surface area contributed by atoms with E-state index in [1.807, 2.05) is 92.0 Å². The summed E-state index contributed by atoms with van der Waals surface area (Å²) < 4.78 is 7.63. The maximum absolute atomic E-state index is 12.4. The van der Waals surface area contributed by atoms with E-state index in [1.165, 1.54) is 0 Å². The summed E-state index contributed by atoms with van der Waals surface area (Å²) >= 11 is 0. The number of fused-ring (bicyclic) bond motifs is 3. The predicted octanol–water partition coefficient (Wildman–Crippen LogP) is 5.30. The largest absolute Gasteiger partial charge is 0.457 e. The van der Waals surface area contributed by atoms with Crippen molar-refractivity contribution in [1.82, 2.24) is 9.78 Å². The van der Waals surface area contributed by atoms with Gasteiger partial charge in [-0.15, -0.1) is 0 Å². The van der Waals surface area contributed by atoms with E-state index in [1.54, 1.807) is 4.68 Å². The first-order valence-electron chi connectivity index (χ1n) is 10.6. The number of rotatable bonds is 6. The first-order chi connectivity index (χ1) is 16.1. The summed E-state index contributed by atoms with van der Waals surface area (Å²) in [5.41, 5.74) is 10.4. The molecule has 0 atom stereocenters. The van der Waals surface area contributed by atoms with E-state index in [9.17, 15) is 4.79 Å². The number of anilines is 2. The number of nitrogens with two attached hydrogens (primary N) is 1. The van der Waals surface area contributed by atoms with E-state index in [0.717, 1.165) is 28.3 Å². The average Bonchev–Trinajstić information content (AvgIpc) is 3.24. The number of benzene rings is 3. The molecule has 164 valence electrons. The van der Waals surface area contributed by atoms with E-state index in [-0.39, 0.29) is 0 Å². The van der Waals surface area contributed by atoms with Gasteiger partial charge in [-0.25, -0.2) is 4.68 Å². The molecule has 1 aromatic heterocycles. The van der Waals surface area contributed by atoms with Crippen LogP contribution in [0.15, 0.2) is 85.1 Å². The number of primary amides is 1. The average molecular weight is 438 g/mol. The lowest BCUT2D eigenvalue weighted by molar-refractivity contribution is 0.100. The molecule has 0 fully saturated rings. The number of para-hydroxylation sites is 1. The topological polar surface area (TPSA) is 94.2 Å². The minimum Gasteiger partial charge on any atom is -0.457 e. The van der Waals surface area contributed by atoms with Crippen molar-refractivity contribution in [3.05, 3.63) is 96.2 Å². The molecule has 0 saturated heterocycles. The second-order valence-electron chi connectivity index (χ2n) is 7.63. The Morgan fingerprint density at radius 1 is 1.09 bits per heavy atom. The van der Waals surface area contributed by atoms with Crippen LogP contribution in [0.25, 0.3) is 16.9 Å². The van der Waals surface area contributed by atoms with Gasteiger partial charge in [0.05, 0.1) is 5.69 Å². The van der Waals surface area contributed by atoms with Gasteiger partial charge in [-0.1, -0.05) is 30.3 Å². The minimum absolute atomic E-state index is 0.365. The molecule has 0 saturated carbocycles. The zero-order chi connectivity index (χ0) is 22.8. The Kier molecular flexibility index (Phi) is 5.28. The van der Waals surface area contributed by atoms with Gasteiger partial charge >= 0.3 is 0 Å². The standard InChI is InChI=1S/C26H23N5O2/c1-2-14-28-19-11-8-18-16-29-26-23(25(27)32)24(30-31(26)22(18)15-19)17-9-12-21(13-10-17)33-20-6-4-3-5-7-20/h2-15,28-29H,16H2,1H3,(H2,27,32). The summed E-state index contributed by atoms with van der Waals surface area (Å²) in [6, 6.07) is 23.1. The Morgan fingerprint density at radius 2 is 1.85 bits per heavy atom. The second-order valence-corrected chi connectivity index (χ2v) is 7.63. The summed E-state index contributed by atoms with van der Waals surface area (Å²) in [6.45, 7) is 2.52. The third kappa shape index (κ3) is 3.92. The van der Waals surface area contributed by atoms with Crippen molar-refractivity contribution in [2.45, 2.75) is 13.5 Å². The lowest BCUT2D eigenvalue weighted by atomic mass is 10.1. The first-order valence-corrected chi connectivity index (χ1v) is 10.6. The highest BCUT2D eigenvalue weighted by Crippen LogP contribution is 2.36. The van der Waals surface area contributed by atoms with Gasteiger partial charge in [0.15, 0.2) is 0 Å². The highest BCUT2D eigenvalue weighted by Gasteiger charge is 2.27. The third-order valence-electron chi connectivity index (χ3n) is 5.41. The van der Waals surface area contributed by atoms with Crippen molar-refractivity contribution in [3.8, 4) is 28.4 Å². The summed E-state index contributed by atoms with van der Waals surface area (Å²) in [6.07, 6.45) is 3.79. The normalized spacial score (nSPS) is 12.0. The van der Waals surface area contributed by atoms with Gasteiger partial charge in [0.1, 0.15) is 28.6 Å². The van der Waals surface area contributed by atoms with Crippen LogP contribution in [0.1, 0.15) is 22.8 Å². The van der Waals surface area contributed by atoms with Crippen molar-refractivity contribution in [2.24, 2.45) is 5.73 Å². The molecule has 0 bridgehead atoms. The summed E-state index contributed by atoms with van der Waals surface area (Å²) in [5, 5.41) is 11.3. The van der Waals surface area contributed by atoms with E-state index < -0.39 is 5.91 Å². The smallest absolute Gasteiger partial charge is 0.254 e. The Balaban J connectivity index is 1.54. The molecule has 1 aliphatic heterocycles. The first kappa shape index (κ1) is 20.4. The van der Waals surface area contributed by atoms with Crippen molar-refractivity contribution in [1.29, 1.82) is 0 Å². The molecule has 0 radical (unpaired) electrons. The molecule has 7 nitrogen and oxygen atoms in total. The van der Waals surface area contributed by atoms with Crippen LogP contribution in [-0.4, -0.2) is 15.7 Å². The van der Waals surface area contributed by atoms with Crippen LogP contribution >= 0.6 is 0 Å². The zero-order valence-electron chi connectivity index (χ0n) is 18.1. The molecule has 5 rings (SSSR count). The Bertz CT molecular complexity index is 1340. The van der Waals surface area contributed by atoms with Gasteiger partial charge in [0, 0.05) is 17.8 Å². The molecule has 2 heterocycles. The number of allylic oxidation sites excluding steroid dienone is 1. The molecule has 1 amide bonds. The third-order valence-corrected chi connectivity index (χ3v) is 5.41. The molecule has 0 aliphatic carbocycles. The fourth-order valence-corrected chi connectivity index (χ4v) is 3.86. The Labute approximate surface area is 191 Å². The maximum atomic E-state index is 12.4. The fraction of sp³-hybridized carbons (Fsp3) is 0.0769. The lowest BCUT2D eigenvalue weighted by Gasteiger charge is -2.21. The van der Waals surface area contributed by atoms with Gasteiger partial charge in [-0.3, -0.25) is 4.79 Å². The highest BCUT2D eigenvalue weighted by atomic mass is 16.5. The molecular weight excluding hydrogens is 414 g/mol. The van der Waals surface area contributed by atoms with Crippen molar-refractivity contribution >= 4 is 17.4 Å². The number of nitrogens with zero attached hydrogens (tertiary/aromatic N) is 2. The molecule has 3 aromatic carbocycles. The molecule has 4 N–H and O–H groups in total. The molecule has 0 unspecified atom stereocenters. The molecule has 0 spiro atoms. The van der Waals surface area contributed by atoms with E-state index in [2.05, 4.69) is 10.6 Å². The van der Waals surface area contributed by atoms with E-state index in [4.69, 9.17) is 15.6 Å². The molecular formula is C26H23N5O2. The van der Waals surface area contributed by atoms with Crippen molar-refractivity contribution in [2.75, 3.05) is 10.6 Å². The number of aromatic nitrogens is 2. The van der Waals surface area contributed by atoms with Crippen LogP contribution in [0.5, 0.6) is 11.5 Å². The predicted molar refractivity (Wildman–Crippen MR) is 130 cm³/mol. The number of hydrogen-bond donors (Lipinski definition) is 3. The van der Waals surface area contributed by atoms with Crippen LogP contribution < -0.4 is 21.1 Å². The SMILES string of the molecule is CC=CNc1ccc2c(c1)-n1nc(-c3ccc(Oc4ccccc4)cc3)c(C(N)=O)c1NC2. The molecule has 33 heavy (non-hydrogen) atoms. The number of nitrogens with one attached hydrogen (secondary N) is 2. The van der Waals surface area contributed by atoms with Crippen LogP contribution in [0.2, 0.25) is 0 Å². The van der Waals surface area contributed by atoms with E-state index >= 15 is 0 Å². The number of carbonyl (C=O) groups is 1. The van der Waals surface area contributed by atoms with E-state index in [0.29, 0.717) is 29.4 Å². The van der Waals surface area contributed by atoms with Gasteiger partial charge < -0.3 is 21.1 Å². The number of ether oxygens (including phenoxy) is 1. The minimum atomic E-state index is -0.532. The fourth-order valence-electron chi connectivity index (χ4n) is 3.86. The number of amides is 1. The Morgan fingerprint density at radius 3 is 2.58 bits per heavy atom. The van der Waals surface area contributed by atoms with Crippen molar-refractivity contribution < 1.29 is 9.53 Å². The van der Waals surface area contributed by atoms with Gasteiger partial charge in [-0.05, 0) is 67.2 Å². The number of carbonyl (C=O) groups excluding carboxylic acids is 1. The maximum Gasteiger partial charge on any atom is 0.254 e. The summed E-state index contributed by atoms with van der Waals surface area (Å²) in [7, 11) is 0.